The maximum atomic E-state index is 6.21. The van der Waals surface area contributed by atoms with E-state index < -0.39 is 5.54 Å². The van der Waals surface area contributed by atoms with Crippen molar-refractivity contribution < 1.29 is 8.94 Å². The van der Waals surface area contributed by atoms with E-state index in [-0.39, 0.29) is 0 Å². The Kier molecular flexibility index (Phi) is 3.97. The fraction of sp³-hybridized carbons (Fsp3) is 0.353. The number of aryl methyl sites for hydroxylation is 2. The number of benzene rings is 1. The van der Waals surface area contributed by atoms with Crippen LogP contribution in [0.2, 0.25) is 0 Å². The van der Waals surface area contributed by atoms with E-state index >= 15 is 0 Å². The molecule has 3 aromatic rings. The summed E-state index contributed by atoms with van der Waals surface area (Å²) in [6, 6.07) is 7.88. The van der Waals surface area contributed by atoms with E-state index in [1.54, 1.807) is 6.20 Å². The normalized spacial score (nSPS) is 16.1. The number of aromatic nitrogens is 3. The molecule has 0 unspecified atom stereocenters. The minimum Gasteiger partial charge on any atom is -0.441 e. The van der Waals surface area contributed by atoms with E-state index in [4.69, 9.17) is 14.7 Å². The minimum atomic E-state index is -0.391. The maximum absolute atomic E-state index is 6.21. The fourth-order valence-corrected chi connectivity index (χ4v) is 3.25. The van der Waals surface area contributed by atoms with E-state index in [1.807, 2.05) is 24.3 Å². The molecular formula is C17H17BrN4O2. The first-order valence-electron chi connectivity index (χ1n) is 7.96. The van der Waals surface area contributed by atoms with Crippen LogP contribution in [0.5, 0.6) is 0 Å². The van der Waals surface area contributed by atoms with Crippen LogP contribution in [0.4, 0.5) is 0 Å². The summed E-state index contributed by atoms with van der Waals surface area (Å²) in [5.41, 5.74) is 6.79. The van der Waals surface area contributed by atoms with Crippen molar-refractivity contribution in [2.24, 2.45) is 5.73 Å². The lowest BCUT2D eigenvalue weighted by atomic mass is 9.77. The molecule has 0 atom stereocenters. The molecular weight excluding hydrogens is 372 g/mol. The van der Waals surface area contributed by atoms with Crippen molar-refractivity contribution in [2.75, 3.05) is 0 Å². The van der Waals surface area contributed by atoms with Crippen molar-refractivity contribution in [3.8, 4) is 11.3 Å². The van der Waals surface area contributed by atoms with Crippen LogP contribution in [0.25, 0.3) is 11.3 Å². The molecule has 2 heterocycles. The predicted octanol–water partition coefficient (Wildman–Crippen LogP) is 3.61. The summed E-state index contributed by atoms with van der Waals surface area (Å²) < 4.78 is 12.1. The van der Waals surface area contributed by atoms with Crippen LogP contribution in [-0.4, -0.2) is 15.1 Å². The van der Waals surface area contributed by atoms with Crippen LogP contribution >= 0.6 is 15.9 Å². The number of oxazole rings is 1. The SMILES string of the molecule is NC1(c2noc(CCc3ncc(-c4ccccc4Br)o3)n2)CCC1. The van der Waals surface area contributed by atoms with Gasteiger partial charge in [-0.15, -0.1) is 0 Å². The van der Waals surface area contributed by atoms with Crippen LogP contribution in [0.3, 0.4) is 0 Å². The van der Waals surface area contributed by atoms with Gasteiger partial charge in [0, 0.05) is 22.9 Å². The van der Waals surface area contributed by atoms with Crippen LogP contribution in [0, 0.1) is 0 Å². The van der Waals surface area contributed by atoms with Crippen molar-refractivity contribution in [2.45, 2.75) is 37.6 Å². The molecule has 0 saturated heterocycles. The first-order valence-corrected chi connectivity index (χ1v) is 8.75. The molecule has 1 saturated carbocycles. The Balaban J connectivity index is 1.43. The maximum Gasteiger partial charge on any atom is 0.227 e. The Labute approximate surface area is 147 Å². The van der Waals surface area contributed by atoms with Gasteiger partial charge < -0.3 is 14.7 Å². The molecule has 4 rings (SSSR count). The second-order valence-electron chi connectivity index (χ2n) is 6.12. The monoisotopic (exact) mass is 388 g/mol. The molecule has 0 amide bonds. The highest BCUT2D eigenvalue weighted by molar-refractivity contribution is 9.10. The number of hydrogen-bond donors (Lipinski definition) is 1. The fourth-order valence-electron chi connectivity index (χ4n) is 2.77. The zero-order chi connectivity index (χ0) is 16.6. The van der Waals surface area contributed by atoms with Gasteiger partial charge in [-0.05, 0) is 25.3 Å². The molecule has 0 bridgehead atoms. The van der Waals surface area contributed by atoms with Gasteiger partial charge in [0.05, 0.1) is 11.7 Å². The molecule has 7 heteroatoms. The Morgan fingerprint density at radius 1 is 1.17 bits per heavy atom. The van der Waals surface area contributed by atoms with Gasteiger partial charge >= 0.3 is 0 Å². The lowest BCUT2D eigenvalue weighted by Crippen LogP contribution is -2.44. The summed E-state index contributed by atoms with van der Waals surface area (Å²) in [4.78, 5) is 8.75. The number of hydrogen-bond acceptors (Lipinski definition) is 6. The lowest BCUT2D eigenvalue weighted by Gasteiger charge is -2.34. The van der Waals surface area contributed by atoms with E-state index in [1.165, 1.54) is 0 Å². The summed E-state index contributed by atoms with van der Waals surface area (Å²) >= 11 is 3.52. The number of halogens is 1. The molecule has 1 aromatic carbocycles. The molecule has 1 aliphatic carbocycles. The van der Waals surface area contributed by atoms with Gasteiger partial charge in [-0.3, -0.25) is 0 Å². The van der Waals surface area contributed by atoms with E-state index in [9.17, 15) is 0 Å². The Morgan fingerprint density at radius 2 is 1.96 bits per heavy atom. The number of rotatable bonds is 5. The summed E-state index contributed by atoms with van der Waals surface area (Å²) in [7, 11) is 0. The summed E-state index contributed by atoms with van der Waals surface area (Å²) in [5, 5.41) is 4.02. The topological polar surface area (TPSA) is 91.0 Å². The average Bonchev–Trinajstić information content (AvgIpc) is 3.20. The van der Waals surface area contributed by atoms with Gasteiger partial charge in [0.25, 0.3) is 0 Å². The molecule has 2 aromatic heterocycles. The molecule has 124 valence electrons. The number of nitrogens with zero attached hydrogens (tertiary/aromatic N) is 3. The van der Waals surface area contributed by atoms with Crippen molar-refractivity contribution >= 4 is 15.9 Å². The minimum absolute atomic E-state index is 0.391. The zero-order valence-electron chi connectivity index (χ0n) is 13.0. The smallest absolute Gasteiger partial charge is 0.227 e. The average molecular weight is 389 g/mol. The molecule has 2 N–H and O–H groups in total. The van der Waals surface area contributed by atoms with Crippen LogP contribution < -0.4 is 5.73 Å². The predicted molar refractivity (Wildman–Crippen MR) is 91.1 cm³/mol. The van der Waals surface area contributed by atoms with Gasteiger partial charge in [-0.25, -0.2) is 4.98 Å². The van der Waals surface area contributed by atoms with Crippen molar-refractivity contribution in [1.29, 1.82) is 0 Å². The van der Waals surface area contributed by atoms with Gasteiger partial charge in [-0.2, -0.15) is 4.98 Å². The Bertz CT molecular complexity index is 854. The van der Waals surface area contributed by atoms with Crippen LogP contribution in [-0.2, 0) is 18.4 Å². The van der Waals surface area contributed by atoms with Gasteiger partial charge in [-0.1, -0.05) is 39.3 Å². The van der Waals surface area contributed by atoms with Crippen molar-refractivity contribution in [3.05, 3.63) is 52.5 Å². The van der Waals surface area contributed by atoms with E-state index in [0.29, 0.717) is 30.4 Å². The standard InChI is InChI=1S/C17H17BrN4O2/c18-12-5-2-1-4-11(12)13-10-20-14(23-13)6-7-15-21-16(22-24-15)17(19)8-3-9-17/h1-2,4-5,10H,3,6-9,19H2. The third kappa shape index (κ3) is 2.89. The van der Waals surface area contributed by atoms with Crippen molar-refractivity contribution in [3.63, 3.8) is 0 Å². The van der Waals surface area contributed by atoms with Crippen LogP contribution in [0.1, 0.15) is 36.9 Å². The highest BCUT2D eigenvalue weighted by Crippen LogP contribution is 2.37. The Hall–Kier alpha value is -1.99. The lowest BCUT2D eigenvalue weighted by molar-refractivity contribution is 0.229. The molecule has 0 spiro atoms. The largest absolute Gasteiger partial charge is 0.441 e. The third-order valence-electron chi connectivity index (χ3n) is 4.40. The molecule has 1 fully saturated rings. The molecule has 0 aliphatic heterocycles. The summed E-state index contributed by atoms with van der Waals surface area (Å²) in [6.07, 6.45) is 5.87. The summed E-state index contributed by atoms with van der Waals surface area (Å²) in [5.74, 6) is 2.57. The van der Waals surface area contributed by atoms with Crippen LogP contribution in [0.15, 0.2) is 43.9 Å². The molecule has 1 aliphatic rings. The third-order valence-corrected chi connectivity index (χ3v) is 5.10. The van der Waals surface area contributed by atoms with Gasteiger partial charge in [0.2, 0.25) is 5.89 Å². The first kappa shape index (κ1) is 15.5. The summed E-state index contributed by atoms with van der Waals surface area (Å²) in [6.45, 7) is 0. The van der Waals surface area contributed by atoms with Gasteiger partial charge in [0.1, 0.15) is 0 Å². The van der Waals surface area contributed by atoms with Gasteiger partial charge in [0.15, 0.2) is 17.5 Å². The molecule has 24 heavy (non-hydrogen) atoms. The Morgan fingerprint density at radius 3 is 2.71 bits per heavy atom. The second kappa shape index (κ2) is 6.14. The highest BCUT2D eigenvalue weighted by atomic mass is 79.9. The highest BCUT2D eigenvalue weighted by Gasteiger charge is 2.38. The first-order chi connectivity index (χ1) is 11.6. The molecule has 0 radical (unpaired) electrons. The number of nitrogens with two attached hydrogens (primary N) is 1. The van der Waals surface area contributed by atoms with Crippen molar-refractivity contribution in [1.82, 2.24) is 15.1 Å². The quantitative estimate of drug-likeness (QED) is 0.717. The molecule has 6 nitrogen and oxygen atoms in total. The zero-order valence-corrected chi connectivity index (χ0v) is 14.6. The van der Waals surface area contributed by atoms with E-state index in [0.717, 1.165) is 35.1 Å². The second-order valence-corrected chi connectivity index (χ2v) is 6.97. The van der Waals surface area contributed by atoms with E-state index in [2.05, 4.69) is 31.1 Å².